The van der Waals surface area contributed by atoms with Gasteiger partial charge in [-0.15, -0.1) is 0 Å². The number of sulfone groups is 1. The summed E-state index contributed by atoms with van der Waals surface area (Å²) in [6.07, 6.45) is 0. The molecule has 1 saturated heterocycles. The molecule has 1 aliphatic heterocycles. The molecular formula is C14H19BrN2O3S. The largest absolute Gasteiger partial charge is 0.339 e. The van der Waals surface area contributed by atoms with Crippen LogP contribution in [0.5, 0.6) is 0 Å². The first-order chi connectivity index (χ1) is 9.85. The van der Waals surface area contributed by atoms with Gasteiger partial charge in [-0.2, -0.15) is 0 Å². The van der Waals surface area contributed by atoms with Gasteiger partial charge >= 0.3 is 0 Å². The van der Waals surface area contributed by atoms with E-state index in [4.69, 9.17) is 0 Å². The summed E-state index contributed by atoms with van der Waals surface area (Å²) < 4.78 is 25.2. The first kappa shape index (κ1) is 16.5. The Bertz CT molecular complexity index is 601. The van der Waals surface area contributed by atoms with Crippen molar-refractivity contribution >= 4 is 31.7 Å². The van der Waals surface area contributed by atoms with E-state index in [0.717, 1.165) is 4.47 Å². The fraction of sp³-hybridized carbons (Fsp3) is 0.500. The first-order valence-electron chi connectivity index (χ1n) is 6.82. The van der Waals surface area contributed by atoms with Gasteiger partial charge in [0.1, 0.15) is 5.75 Å². The molecule has 1 N–H and O–H groups in total. The highest BCUT2D eigenvalue weighted by Crippen LogP contribution is 2.13. The molecule has 21 heavy (non-hydrogen) atoms. The van der Waals surface area contributed by atoms with Gasteiger partial charge < -0.3 is 10.2 Å². The average Bonchev–Trinajstić information content (AvgIpc) is 2.40. The predicted octanol–water partition coefficient (Wildman–Crippen LogP) is 1.18. The quantitative estimate of drug-likeness (QED) is 0.859. The molecule has 0 aliphatic carbocycles. The van der Waals surface area contributed by atoms with Crippen molar-refractivity contribution in [1.29, 1.82) is 0 Å². The van der Waals surface area contributed by atoms with Crippen LogP contribution in [-0.4, -0.2) is 50.7 Å². The molecule has 0 saturated carbocycles. The third-order valence-corrected chi connectivity index (χ3v) is 5.35. The summed E-state index contributed by atoms with van der Waals surface area (Å²) >= 11 is 3.31. The van der Waals surface area contributed by atoms with Crippen molar-refractivity contribution in [3.63, 3.8) is 0 Å². The average molecular weight is 375 g/mol. The van der Waals surface area contributed by atoms with Crippen LogP contribution in [-0.2, 0) is 20.4 Å². The lowest BCUT2D eigenvalue weighted by Crippen LogP contribution is -2.52. The van der Waals surface area contributed by atoms with Crippen LogP contribution in [0.2, 0.25) is 0 Å². The number of hydrogen-bond acceptors (Lipinski definition) is 4. The molecule has 1 aromatic carbocycles. The molecule has 1 fully saturated rings. The summed E-state index contributed by atoms with van der Waals surface area (Å²) in [5.41, 5.74) is 0.694. The van der Waals surface area contributed by atoms with Crippen molar-refractivity contribution in [3.05, 3.63) is 34.3 Å². The maximum atomic E-state index is 12.1. The van der Waals surface area contributed by atoms with Crippen LogP contribution in [0.25, 0.3) is 0 Å². The number of nitrogens with zero attached hydrogens (tertiary/aromatic N) is 1. The lowest BCUT2D eigenvalue weighted by atomic mass is 10.2. The number of carbonyl (C=O) groups excluding carboxylic acids is 1. The Morgan fingerprint density at radius 1 is 1.38 bits per heavy atom. The monoisotopic (exact) mass is 374 g/mol. The van der Waals surface area contributed by atoms with Crippen LogP contribution in [0.1, 0.15) is 12.5 Å². The number of amides is 1. The summed E-state index contributed by atoms with van der Waals surface area (Å²) in [6.45, 7) is 3.82. The van der Waals surface area contributed by atoms with Gasteiger partial charge in [-0.1, -0.05) is 28.1 Å². The fourth-order valence-corrected chi connectivity index (χ4v) is 3.95. The lowest BCUT2D eigenvalue weighted by molar-refractivity contribution is -0.129. The molecule has 0 radical (unpaired) electrons. The number of piperazine rings is 1. The molecule has 0 bridgehead atoms. The second-order valence-electron chi connectivity index (χ2n) is 5.35. The van der Waals surface area contributed by atoms with Crippen molar-refractivity contribution in [3.8, 4) is 0 Å². The molecule has 1 aromatic rings. The summed E-state index contributed by atoms with van der Waals surface area (Å²) in [4.78, 5) is 13.7. The molecule has 116 valence electrons. The molecule has 1 aliphatic rings. The van der Waals surface area contributed by atoms with Crippen LogP contribution >= 0.6 is 15.9 Å². The Kier molecular flexibility index (Phi) is 5.40. The molecule has 1 heterocycles. The third-order valence-electron chi connectivity index (χ3n) is 3.36. The molecule has 0 spiro atoms. The minimum Gasteiger partial charge on any atom is -0.339 e. The molecule has 0 aromatic heterocycles. The Morgan fingerprint density at radius 3 is 2.67 bits per heavy atom. The van der Waals surface area contributed by atoms with Crippen LogP contribution < -0.4 is 5.32 Å². The zero-order valence-corrected chi connectivity index (χ0v) is 14.3. The number of benzene rings is 1. The maximum Gasteiger partial charge on any atom is 0.237 e. The SMILES string of the molecule is C[C@@H]1CN(C(=O)CS(=O)(=O)Cc2ccc(Br)cc2)CCN1. The highest BCUT2D eigenvalue weighted by Gasteiger charge is 2.25. The molecule has 0 unspecified atom stereocenters. The number of nitrogens with one attached hydrogen (secondary N) is 1. The van der Waals surface area contributed by atoms with E-state index in [1.807, 2.05) is 6.92 Å². The molecule has 2 rings (SSSR count). The Morgan fingerprint density at radius 2 is 2.05 bits per heavy atom. The van der Waals surface area contributed by atoms with Crippen LogP contribution in [0.15, 0.2) is 28.7 Å². The number of carbonyl (C=O) groups is 1. The first-order valence-corrected chi connectivity index (χ1v) is 9.43. The zero-order valence-electron chi connectivity index (χ0n) is 11.9. The molecule has 1 amide bonds. The second-order valence-corrected chi connectivity index (χ2v) is 8.33. The third kappa shape index (κ3) is 5.09. The Hall–Kier alpha value is -0.920. The van der Waals surface area contributed by atoms with Gasteiger partial charge in [-0.3, -0.25) is 4.79 Å². The van der Waals surface area contributed by atoms with E-state index in [0.29, 0.717) is 25.2 Å². The van der Waals surface area contributed by atoms with Crippen molar-refractivity contribution in [1.82, 2.24) is 10.2 Å². The van der Waals surface area contributed by atoms with Crippen molar-refractivity contribution in [2.24, 2.45) is 0 Å². The van der Waals surface area contributed by atoms with Crippen LogP contribution in [0, 0.1) is 0 Å². The van der Waals surface area contributed by atoms with E-state index in [1.54, 1.807) is 29.2 Å². The number of halogens is 1. The summed E-state index contributed by atoms with van der Waals surface area (Å²) in [7, 11) is -3.44. The van der Waals surface area contributed by atoms with Crippen molar-refractivity contribution < 1.29 is 13.2 Å². The minimum atomic E-state index is -3.44. The Balaban J connectivity index is 1.96. The fourth-order valence-electron chi connectivity index (χ4n) is 2.32. The molecule has 1 atom stereocenters. The van der Waals surface area contributed by atoms with E-state index >= 15 is 0 Å². The standard InChI is InChI=1S/C14H19BrN2O3S/c1-11-8-17(7-6-16-11)14(18)10-21(19,20)9-12-2-4-13(15)5-3-12/h2-5,11,16H,6-10H2,1H3/t11-/m1/s1. The van der Waals surface area contributed by atoms with Gasteiger partial charge in [0.05, 0.1) is 5.75 Å². The molecule has 7 heteroatoms. The van der Waals surface area contributed by atoms with E-state index in [1.165, 1.54) is 0 Å². The van der Waals surface area contributed by atoms with Crippen molar-refractivity contribution in [2.75, 3.05) is 25.4 Å². The van der Waals surface area contributed by atoms with Gasteiger partial charge in [-0.25, -0.2) is 8.42 Å². The number of rotatable bonds is 4. The molecular weight excluding hydrogens is 356 g/mol. The van der Waals surface area contributed by atoms with E-state index < -0.39 is 15.6 Å². The summed E-state index contributed by atoms with van der Waals surface area (Å²) in [5, 5.41) is 3.23. The van der Waals surface area contributed by atoms with Gasteiger partial charge in [0, 0.05) is 30.1 Å². The van der Waals surface area contributed by atoms with Gasteiger partial charge in [0.15, 0.2) is 9.84 Å². The van der Waals surface area contributed by atoms with E-state index in [-0.39, 0.29) is 17.7 Å². The second kappa shape index (κ2) is 6.89. The normalized spacial score (nSPS) is 19.5. The maximum absolute atomic E-state index is 12.1. The van der Waals surface area contributed by atoms with Gasteiger partial charge in [0.25, 0.3) is 0 Å². The Labute approximate surface area is 133 Å². The summed E-state index contributed by atoms with van der Waals surface area (Å²) in [6, 6.07) is 7.30. The highest BCUT2D eigenvalue weighted by molar-refractivity contribution is 9.10. The van der Waals surface area contributed by atoms with Crippen LogP contribution in [0.3, 0.4) is 0 Å². The lowest BCUT2D eigenvalue weighted by Gasteiger charge is -2.31. The summed E-state index contributed by atoms with van der Waals surface area (Å²) in [5.74, 6) is -0.829. The zero-order chi connectivity index (χ0) is 15.5. The predicted molar refractivity (Wildman–Crippen MR) is 85.7 cm³/mol. The highest BCUT2D eigenvalue weighted by atomic mass is 79.9. The van der Waals surface area contributed by atoms with Gasteiger partial charge in [-0.05, 0) is 24.6 Å². The van der Waals surface area contributed by atoms with E-state index in [2.05, 4.69) is 21.2 Å². The van der Waals surface area contributed by atoms with E-state index in [9.17, 15) is 13.2 Å². The van der Waals surface area contributed by atoms with Gasteiger partial charge in [0.2, 0.25) is 5.91 Å². The van der Waals surface area contributed by atoms with Crippen LogP contribution in [0.4, 0.5) is 0 Å². The molecule has 5 nitrogen and oxygen atoms in total. The van der Waals surface area contributed by atoms with Crippen molar-refractivity contribution in [2.45, 2.75) is 18.7 Å². The topological polar surface area (TPSA) is 66.5 Å². The minimum absolute atomic E-state index is 0.104. The smallest absolute Gasteiger partial charge is 0.237 e. The number of hydrogen-bond donors (Lipinski definition) is 1.